The molecule has 0 saturated heterocycles. The Balaban J connectivity index is 2.40. The normalized spacial score (nSPS) is 10.4. The first-order valence-corrected chi connectivity index (χ1v) is 5.82. The zero-order valence-electron chi connectivity index (χ0n) is 10.7. The standard InChI is InChI=1S/C15H12F2O3/c1-19-13-6-12(7-14(8-13)20-15(16)17)11-4-2-10(9-18)3-5-11/h2-9,15H,1H3. The lowest BCUT2D eigenvalue weighted by atomic mass is 10.0. The van der Waals surface area contributed by atoms with Gasteiger partial charge in [-0.15, -0.1) is 0 Å². The molecule has 20 heavy (non-hydrogen) atoms. The summed E-state index contributed by atoms with van der Waals surface area (Å²) >= 11 is 0. The fraction of sp³-hybridized carbons (Fsp3) is 0.133. The molecule has 0 bridgehead atoms. The Morgan fingerprint density at radius 3 is 2.20 bits per heavy atom. The van der Waals surface area contributed by atoms with Crippen molar-refractivity contribution in [3.63, 3.8) is 0 Å². The molecule has 0 radical (unpaired) electrons. The lowest BCUT2D eigenvalue weighted by Crippen LogP contribution is -2.02. The van der Waals surface area contributed by atoms with Gasteiger partial charge >= 0.3 is 6.61 Å². The first-order valence-electron chi connectivity index (χ1n) is 5.82. The van der Waals surface area contributed by atoms with Crippen LogP contribution in [0.15, 0.2) is 42.5 Å². The summed E-state index contributed by atoms with van der Waals surface area (Å²) < 4.78 is 34.0. The first-order chi connectivity index (χ1) is 9.62. The third kappa shape index (κ3) is 3.32. The highest BCUT2D eigenvalue weighted by Gasteiger charge is 2.09. The van der Waals surface area contributed by atoms with Crippen LogP contribution in [-0.2, 0) is 0 Å². The lowest BCUT2D eigenvalue weighted by Gasteiger charge is -2.10. The monoisotopic (exact) mass is 278 g/mol. The number of methoxy groups -OCH3 is 1. The van der Waals surface area contributed by atoms with Crippen molar-refractivity contribution in [2.45, 2.75) is 6.61 Å². The predicted octanol–water partition coefficient (Wildman–Crippen LogP) is 3.78. The zero-order valence-corrected chi connectivity index (χ0v) is 10.7. The van der Waals surface area contributed by atoms with Crippen molar-refractivity contribution >= 4 is 6.29 Å². The molecule has 0 atom stereocenters. The second-order valence-corrected chi connectivity index (χ2v) is 4.02. The van der Waals surface area contributed by atoms with Crippen LogP contribution in [-0.4, -0.2) is 20.0 Å². The number of carbonyl (C=O) groups excluding carboxylic acids is 1. The van der Waals surface area contributed by atoms with Gasteiger partial charge in [-0.2, -0.15) is 8.78 Å². The first kappa shape index (κ1) is 14.0. The lowest BCUT2D eigenvalue weighted by molar-refractivity contribution is -0.0498. The fourth-order valence-electron chi connectivity index (χ4n) is 1.78. The van der Waals surface area contributed by atoms with Crippen molar-refractivity contribution in [3.05, 3.63) is 48.0 Å². The van der Waals surface area contributed by atoms with Gasteiger partial charge in [0.1, 0.15) is 17.8 Å². The number of ether oxygens (including phenoxy) is 2. The number of aldehydes is 1. The molecule has 104 valence electrons. The molecule has 2 aromatic rings. The van der Waals surface area contributed by atoms with Crippen LogP contribution in [0.3, 0.4) is 0 Å². The van der Waals surface area contributed by atoms with Crippen LogP contribution in [0.5, 0.6) is 11.5 Å². The predicted molar refractivity (Wildman–Crippen MR) is 70.4 cm³/mol. The van der Waals surface area contributed by atoms with Crippen LogP contribution in [0.2, 0.25) is 0 Å². The number of benzene rings is 2. The van der Waals surface area contributed by atoms with Crippen LogP contribution in [0.4, 0.5) is 8.78 Å². The van der Waals surface area contributed by atoms with Crippen molar-refractivity contribution in [2.75, 3.05) is 7.11 Å². The summed E-state index contributed by atoms with van der Waals surface area (Å²) in [5.41, 5.74) is 1.98. The van der Waals surface area contributed by atoms with Gasteiger partial charge in [-0.1, -0.05) is 24.3 Å². The van der Waals surface area contributed by atoms with E-state index >= 15 is 0 Å². The zero-order chi connectivity index (χ0) is 14.5. The number of hydrogen-bond donors (Lipinski definition) is 0. The molecule has 0 aliphatic heterocycles. The van der Waals surface area contributed by atoms with E-state index in [9.17, 15) is 13.6 Å². The number of hydrogen-bond acceptors (Lipinski definition) is 3. The molecule has 2 rings (SSSR count). The minimum absolute atomic E-state index is 0.0220. The Bertz CT molecular complexity index is 595. The topological polar surface area (TPSA) is 35.5 Å². The maximum Gasteiger partial charge on any atom is 0.387 e. The van der Waals surface area contributed by atoms with E-state index in [4.69, 9.17) is 4.74 Å². The second kappa shape index (κ2) is 6.14. The van der Waals surface area contributed by atoms with Crippen LogP contribution >= 0.6 is 0 Å². The Morgan fingerprint density at radius 1 is 1.00 bits per heavy atom. The number of halogens is 2. The van der Waals surface area contributed by atoms with Crippen molar-refractivity contribution in [1.82, 2.24) is 0 Å². The van der Waals surface area contributed by atoms with E-state index in [2.05, 4.69) is 4.74 Å². The molecule has 3 nitrogen and oxygen atoms in total. The highest BCUT2D eigenvalue weighted by molar-refractivity contribution is 5.77. The third-order valence-electron chi connectivity index (χ3n) is 2.72. The van der Waals surface area contributed by atoms with Gasteiger partial charge in [0, 0.05) is 11.6 Å². The van der Waals surface area contributed by atoms with Gasteiger partial charge in [0.25, 0.3) is 0 Å². The number of rotatable bonds is 5. The van der Waals surface area contributed by atoms with Gasteiger partial charge in [-0.05, 0) is 23.3 Å². The Kier molecular flexibility index (Phi) is 4.30. The molecule has 0 saturated carbocycles. The Morgan fingerprint density at radius 2 is 1.65 bits per heavy atom. The molecule has 0 unspecified atom stereocenters. The average Bonchev–Trinajstić information content (AvgIpc) is 2.46. The van der Waals surface area contributed by atoms with Crippen LogP contribution in [0.1, 0.15) is 10.4 Å². The average molecular weight is 278 g/mol. The molecule has 0 aliphatic carbocycles. The molecule has 0 spiro atoms. The van der Waals surface area contributed by atoms with Gasteiger partial charge in [-0.3, -0.25) is 4.79 Å². The molecule has 0 aromatic heterocycles. The van der Waals surface area contributed by atoms with Gasteiger partial charge in [-0.25, -0.2) is 0 Å². The summed E-state index contributed by atoms with van der Waals surface area (Å²) in [6, 6.07) is 11.3. The molecule has 5 heteroatoms. The fourth-order valence-corrected chi connectivity index (χ4v) is 1.78. The summed E-state index contributed by atoms with van der Waals surface area (Å²) in [5.74, 6) is 0.437. The quantitative estimate of drug-likeness (QED) is 0.781. The van der Waals surface area contributed by atoms with Gasteiger partial charge in [0.05, 0.1) is 7.11 Å². The van der Waals surface area contributed by atoms with Crippen molar-refractivity contribution in [3.8, 4) is 22.6 Å². The van der Waals surface area contributed by atoms with Crippen LogP contribution in [0.25, 0.3) is 11.1 Å². The summed E-state index contributed by atoms with van der Waals surface area (Å²) in [6.07, 6.45) is 0.737. The molecule has 0 heterocycles. The van der Waals surface area contributed by atoms with E-state index in [1.54, 1.807) is 30.3 Å². The minimum Gasteiger partial charge on any atom is -0.497 e. The van der Waals surface area contributed by atoms with E-state index in [0.717, 1.165) is 11.8 Å². The highest BCUT2D eigenvalue weighted by atomic mass is 19.3. The maximum absolute atomic E-state index is 12.3. The van der Waals surface area contributed by atoms with E-state index in [-0.39, 0.29) is 5.75 Å². The summed E-state index contributed by atoms with van der Waals surface area (Å²) in [5, 5.41) is 0. The molecule has 0 aliphatic rings. The smallest absolute Gasteiger partial charge is 0.387 e. The molecule has 0 fully saturated rings. The van der Waals surface area contributed by atoms with Crippen LogP contribution < -0.4 is 9.47 Å². The number of carbonyl (C=O) groups is 1. The van der Waals surface area contributed by atoms with Crippen molar-refractivity contribution in [1.29, 1.82) is 0 Å². The summed E-state index contributed by atoms with van der Waals surface area (Å²) in [7, 11) is 1.45. The summed E-state index contributed by atoms with van der Waals surface area (Å²) in [4.78, 5) is 10.6. The van der Waals surface area contributed by atoms with Gasteiger partial charge in [0.2, 0.25) is 0 Å². The molecular formula is C15H12F2O3. The highest BCUT2D eigenvalue weighted by Crippen LogP contribution is 2.30. The molecule has 2 aromatic carbocycles. The summed E-state index contributed by atoms with van der Waals surface area (Å²) in [6.45, 7) is -2.90. The van der Waals surface area contributed by atoms with E-state index in [0.29, 0.717) is 16.9 Å². The third-order valence-corrected chi connectivity index (χ3v) is 2.72. The maximum atomic E-state index is 12.3. The molecular weight excluding hydrogens is 266 g/mol. The molecule has 0 amide bonds. The van der Waals surface area contributed by atoms with Crippen molar-refractivity contribution in [2.24, 2.45) is 0 Å². The molecule has 0 N–H and O–H groups in total. The minimum atomic E-state index is -2.90. The van der Waals surface area contributed by atoms with Gasteiger partial charge in [0.15, 0.2) is 0 Å². The Labute approximate surface area is 114 Å². The SMILES string of the molecule is COc1cc(OC(F)F)cc(-c2ccc(C=O)cc2)c1. The number of alkyl halides is 2. The van der Waals surface area contributed by atoms with E-state index < -0.39 is 6.61 Å². The van der Waals surface area contributed by atoms with Crippen LogP contribution in [0, 0.1) is 0 Å². The van der Waals surface area contributed by atoms with E-state index in [1.165, 1.54) is 19.2 Å². The van der Waals surface area contributed by atoms with Gasteiger partial charge < -0.3 is 9.47 Å². The largest absolute Gasteiger partial charge is 0.497 e. The Hall–Kier alpha value is -2.43. The second-order valence-electron chi connectivity index (χ2n) is 4.02. The van der Waals surface area contributed by atoms with E-state index in [1.807, 2.05) is 0 Å². The van der Waals surface area contributed by atoms with Crippen molar-refractivity contribution < 1.29 is 23.0 Å².